The van der Waals surface area contributed by atoms with E-state index in [0.29, 0.717) is 21.4 Å². The number of methoxy groups -OCH3 is 1. The van der Waals surface area contributed by atoms with Crippen LogP contribution in [0.25, 0.3) is 16.6 Å². The number of amides is 1. The molecule has 0 saturated carbocycles. The van der Waals surface area contributed by atoms with Gasteiger partial charge in [-0.05, 0) is 25.0 Å². The fourth-order valence-electron chi connectivity index (χ4n) is 3.84. The van der Waals surface area contributed by atoms with Crippen molar-refractivity contribution in [3.63, 3.8) is 0 Å². The van der Waals surface area contributed by atoms with Crippen LogP contribution in [-0.4, -0.2) is 52.7 Å². The van der Waals surface area contributed by atoms with Crippen LogP contribution in [0.2, 0.25) is 10.0 Å². The molecule has 1 aromatic carbocycles. The lowest BCUT2D eigenvalue weighted by Crippen LogP contribution is -2.37. The van der Waals surface area contributed by atoms with Gasteiger partial charge in [-0.2, -0.15) is 0 Å². The molecule has 0 aliphatic carbocycles. The Morgan fingerprint density at radius 3 is 2.90 bits per heavy atom. The highest BCUT2D eigenvalue weighted by Gasteiger charge is 2.29. The molecule has 3 heterocycles. The van der Waals surface area contributed by atoms with E-state index in [1.54, 1.807) is 18.6 Å². The molecular weight excluding hydrogens is 441 g/mol. The van der Waals surface area contributed by atoms with Gasteiger partial charge < -0.3 is 19.5 Å². The minimum atomic E-state index is -0.482. The van der Waals surface area contributed by atoms with Crippen LogP contribution in [0, 0.1) is 0 Å². The SMILES string of the molecule is COC(=O)CNC(=O)C[C@@H]1CCCN1c1cc(-n2ccnc2)c2ccc(Cl)c(Cl)c2n1. The third-order valence-corrected chi connectivity index (χ3v) is 6.16. The summed E-state index contributed by atoms with van der Waals surface area (Å²) in [4.78, 5) is 34.7. The minimum absolute atomic E-state index is 0.0452. The summed E-state index contributed by atoms with van der Waals surface area (Å²) >= 11 is 12.7. The van der Waals surface area contributed by atoms with E-state index >= 15 is 0 Å². The predicted octanol–water partition coefficient (Wildman–Crippen LogP) is 3.38. The number of nitrogens with one attached hydrogen (secondary N) is 1. The molecule has 1 aliphatic heterocycles. The third-order valence-electron chi connectivity index (χ3n) is 5.37. The number of carbonyl (C=O) groups excluding carboxylic acids is 2. The summed E-state index contributed by atoms with van der Waals surface area (Å²) in [6.07, 6.45) is 7.28. The van der Waals surface area contributed by atoms with Gasteiger partial charge in [0, 0.05) is 42.9 Å². The van der Waals surface area contributed by atoms with Crippen molar-refractivity contribution in [2.75, 3.05) is 25.1 Å². The molecule has 10 heteroatoms. The molecule has 4 rings (SSSR count). The fraction of sp³-hybridized carbons (Fsp3) is 0.333. The van der Waals surface area contributed by atoms with Gasteiger partial charge in [0.05, 0.1) is 34.7 Å². The van der Waals surface area contributed by atoms with E-state index in [2.05, 4.69) is 19.9 Å². The molecule has 0 spiro atoms. The molecule has 3 aromatic rings. The summed E-state index contributed by atoms with van der Waals surface area (Å²) in [7, 11) is 1.29. The van der Waals surface area contributed by atoms with Gasteiger partial charge in [-0.1, -0.05) is 23.2 Å². The molecule has 1 aliphatic rings. The average Bonchev–Trinajstić information content (AvgIpc) is 3.46. The standard InChI is InChI=1S/C21H21Cl2N5O3/c1-31-19(30)11-25-18(29)9-13-3-2-7-28(13)17-10-16(27-8-6-24-12-27)14-4-5-15(22)20(23)21(14)26-17/h4-6,8,10,12-13H,2-3,7,9,11H2,1H3,(H,25,29)/t13-/m0/s1. The number of hydrogen-bond donors (Lipinski definition) is 1. The number of hydrogen-bond acceptors (Lipinski definition) is 6. The van der Waals surface area contributed by atoms with E-state index < -0.39 is 5.97 Å². The number of fused-ring (bicyclic) bond motifs is 1. The van der Waals surface area contributed by atoms with E-state index in [0.717, 1.165) is 30.5 Å². The van der Waals surface area contributed by atoms with Gasteiger partial charge in [-0.25, -0.2) is 9.97 Å². The van der Waals surface area contributed by atoms with Crippen LogP contribution in [0.3, 0.4) is 0 Å². The first kappa shape index (κ1) is 21.4. The maximum Gasteiger partial charge on any atom is 0.325 e. The highest BCUT2D eigenvalue weighted by Crippen LogP contribution is 2.36. The van der Waals surface area contributed by atoms with Crippen LogP contribution >= 0.6 is 23.2 Å². The molecule has 162 valence electrons. The van der Waals surface area contributed by atoms with Crippen molar-refractivity contribution in [3.05, 3.63) is 47.0 Å². The fourth-order valence-corrected chi connectivity index (χ4v) is 4.20. The molecule has 8 nitrogen and oxygen atoms in total. The van der Waals surface area contributed by atoms with Gasteiger partial charge in [-0.3, -0.25) is 9.59 Å². The van der Waals surface area contributed by atoms with Crippen LogP contribution in [0.4, 0.5) is 5.82 Å². The maximum absolute atomic E-state index is 12.3. The highest BCUT2D eigenvalue weighted by molar-refractivity contribution is 6.45. The number of benzene rings is 1. The topological polar surface area (TPSA) is 89.4 Å². The second-order valence-corrected chi connectivity index (χ2v) is 8.06. The molecule has 0 bridgehead atoms. The average molecular weight is 462 g/mol. The molecule has 0 radical (unpaired) electrons. The van der Waals surface area contributed by atoms with Gasteiger partial charge in [0.25, 0.3) is 0 Å². The lowest BCUT2D eigenvalue weighted by atomic mass is 10.1. The summed E-state index contributed by atoms with van der Waals surface area (Å²) in [6, 6.07) is 5.56. The highest BCUT2D eigenvalue weighted by atomic mass is 35.5. The Labute approximate surface area is 189 Å². The van der Waals surface area contributed by atoms with E-state index in [1.165, 1.54) is 7.11 Å². The van der Waals surface area contributed by atoms with Crippen LogP contribution in [0.1, 0.15) is 19.3 Å². The normalized spacial score (nSPS) is 16.0. The molecule has 1 amide bonds. The Bertz CT molecular complexity index is 1120. The van der Waals surface area contributed by atoms with Crippen molar-refractivity contribution in [2.24, 2.45) is 0 Å². The van der Waals surface area contributed by atoms with Crippen LogP contribution in [0.15, 0.2) is 36.9 Å². The number of ether oxygens (including phenoxy) is 1. The number of halogens is 2. The number of carbonyl (C=O) groups is 2. The number of nitrogens with zero attached hydrogens (tertiary/aromatic N) is 4. The van der Waals surface area contributed by atoms with Crippen molar-refractivity contribution in [3.8, 4) is 5.69 Å². The summed E-state index contributed by atoms with van der Waals surface area (Å²) < 4.78 is 6.46. The number of anilines is 1. The Morgan fingerprint density at radius 2 is 2.16 bits per heavy atom. The number of imidazole rings is 1. The third kappa shape index (κ3) is 4.45. The monoisotopic (exact) mass is 461 g/mol. The molecule has 0 unspecified atom stereocenters. The quantitative estimate of drug-likeness (QED) is 0.565. The van der Waals surface area contributed by atoms with Gasteiger partial charge in [0.2, 0.25) is 5.91 Å². The zero-order valence-electron chi connectivity index (χ0n) is 16.8. The first-order chi connectivity index (χ1) is 15.0. The molecular formula is C21H21Cl2N5O3. The van der Waals surface area contributed by atoms with E-state index in [4.69, 9.17) is 28.2 Å². The number of rotatable bonds is 6. The second kappa shape index (κ2) is 9.11. The Hall–Kier alpha value is -2.84. The van der Waals surface area contributed by atoms with E-state index in [-0.39, 0.29) is 24.9 Å². The smallest absolute Gasteiger partial charge is 0.325 e. The van der Waals surface area contributed by atoms with Crippen LogP contribution < -0.4 is 10.2 Å². The first-order valence-electron chi connectivity index (χ1n) is 9.85. The van der Waals surface area contributed by atoms with Gasteiger partial charge in [-0.15, -0.1) is 0 Å². The molecule has 1 saturated heterocycles. The maximum atomic E-state index is 12.3. The second-order valence-electron chi connectivity index (χ2n) is 7.27. The lowest BCUT2D eigenvalue weighted by molar-refractivity contribution is -0.141. The minimum Gasteiger partial charge on any atom is -0.468 e. The zero-order valence-corrected chi connectivity index (χ0v) is 18.4. The van der Waals surface area contributed by atoms with Crippen molar-refractivity contribution in [1.29, 1.82) is 0 Å². The van der Waals surface area contributed by atoms with Crippen molar-refractivity contribution < 1.29 is 14.3 Å². The van der Waals surface area contributed by atoms with Gasteiger partial charge in [0.15, 0.2) is 0 Å². The van der Waals surface area contributed by atoms with Crippen molar-refractivity contribution >= 4 is 51.8 Å². The van der Waals surface area contributed by atoms with Gasteiger partial charge in [0.1, 0.15) is 12.4 Å². The van der Waals surface area contributed by atoms with Crippen molar-refractivity contribution in [2.45, 2.75) is 25.3 Å². The van der Waals surface area contributed by atoms with Crippen molar-refractivity contribution in [1.82, 2.24) is 19.9 Å². The lowest BCUT2D eigenvalue weighted by Gasteiger charge is -2.26. The summed E-state index contributed by atoms with van der Waals surface area (Å²) in [5.41, 5.74) is 1.47. The Balaban J connectivity index is 1.67. The predicted molar refractivity (Wildman–Crippen MR) is 119 cm³/mol. The Kier molecular flexibility index (Phi) is 6.29. The summed E-state index contributed by atoms with van der Waals surface area (Å²) in [6.45, 7) is 0.615. The molecule has 1 atom stereocenters. The molecule has 31 heavy (non-hydrogen) atoms. The number of pyridine rings is 1. The zero-order chi connectivity index (χ0) is 22.0. The van der Waals surface area contributed by atoms with E-state index in [9.17, 15) is 9.59 Å². The van der Waals surface area contributed by atoms with Crippen LogP contribution in [-0.2, 0) is 14.3 Å². The largest absolute Gasteiger partial charge is 0.468 e. The molecule has 2 aromatic heterocycles. The van der Waals surface area contributed by atoms with E-state index in [1.807, 2.05) is 22.9 Å². The molecule has 1 fully saturated rings. The van der Waals surface area contributed by atoms with Crippen LogP contribution in [0.5, 0.6) is 0 Å². The number of esters is 1. The summed E-state index contributed by atoms with van der Waals surface area (Å²) in [5.74, 6) is 0.0203. The summed E-state index contributed by atoms with van der Waals surface area (Å²) in [5, 5.41) is 4.26. The number of aromatic nitrogens is 3. The molecule has 1 N–H and O–H groups in total. The van der Waals surface area contributed by atoms with Gasteiger partial charge >= 0.3 is 5.97 Å². The first-order valence-corrected chi connectivity index (χ1v) is 10.6. The Morgan fingerprint density at radius 1 is 1.32 bits per heavy atom.